The first-order valence-electron chi connectivity index (χ1n) is 9.14. The molecule has 28 heavy (non-hydrogen) atoms. The number of hydrogen-bond donors (Lipinski definition) is 2. The Morgan fingerprint density at radius 1 is 1.32 bits per heavy atom. The Labute approximate surface area is 185 Å². The van der Waals surface area contributed by atoms with Crippen LogP contribution in [0.4, 0.5) is 0 Å². The maximum absolute atomic E-state index is 11.5. The monoisotopic (exact) mass is 504 g/mol. The highest BCUT2D eigenvalue weighted by Gasteiger charge is 2.10. The smallest absolute Gasteiger partial charge is 0.257 e. The van der Waals surface area contributed by atoms with Crippen LogP contribution < -0.4 is 20.1 Å². The molecule has 0 spiro atoms. The molecule has 0 aliphatic rings. The number of nitrogens with zero attached hydrogens (tertiary/aromatic N) is 2. The zero-order chi connectivity index (χ0) is 20.1. The van der Waals surface area contributed by atoms with Crippen LogP contribution in [0, 0.1) is 0 Å². The maximum Gasteiger partial charge on any atom is 0.257 e. The van der Waals surface area contributed by atoms with Gasteiger partial charge in [0.05, 0.1) is 7.11 Å². The summed E-state index contributed by atoms with van der Waals surface area (Å²) in [5, 5.41) is 6.03. The number of rotatable bonds is 11. The van der Waals surface area contributed by atoms with Gasteiger partial charge in [0.1, 0.15) is 0 Å². The molecule has 158 valence electrons. The molecule has 1 aromatic rings. The average molecular weight is 504 g/mol. The van der Waals surface area contributed by atoms with E-state index >= 15 is 0 Å². The van der Waals surface area contributed by atoms with Gasteiger partial charge in [-0.3, -0.25) is 9.79 Å². The topological polar surface area (TPSA) is 75.2 Å². The first-order chi connectivity index (χ1) is 13.0. The molecule has 0 unspecified atom stereocenters. The van der Waals surface area contributed by atoms with E-state index in [1.807, 2.05) is 38.2 Å². The number of allylic oxidation sites excluding steroid dienone is 1. The fourth-order valence-corrected chi connectivity index (χ4v) is 2.48. The number of ether oxygens (including phenoxy) is 2. The fourth-order valence-electron chi connectivity index (χ4n) is 2.48. The number of benzene rings is 1. The van der Waals surface area contributed by atoms with E-state index in [-0.39, 0.29) is 36.5 Å². The quantitative estimate of drug-likeness (QED) is 0.159. The Balaban J connectivity index is 0.00000729. The summed E-state index contributed by atoms with van der Waals surface area (Å²) in [6.45, 7) is 7.66. The van der Waals surface area contributed by atoms with Gasteiger partial charge in [-0.1, -0.05) is 12.1 Å². The van der Waals surface area contributed by atoms with Gasteiger partial charge in [-0.2, -0.15) is 0 Å². The van der Waals surface area contributed by atoms with E-state index in [0.717, 1.165) is 30.9 Å². The van der Waals surface area contributed by atoms with Gasteiger partial charge in [0.25, 0.3) is 5.91 Å². The normalized spacial score (nSPS) is 10.5. The molecular weight excluding hydrogens is 471 g/mol. The van der Waals surface area contributed by atoms with Crippen LogP contribution in [-0.2, 0) is 11.3 Å². The van der Waals surface area contributed by atoms with Crippen molar-refractivity contribution >= 4 is 35.8 Å². The summed E-state index contributed by atoms with van der Waals surface area (Å²) >= 11 is 0. The zero-order valence-corrected chi connectivity index (χ0v) is 19.6. The predicted molar refractivity (Wildman–Crippen MR) is 125 cm³/mol. The van der Waals surface area contributed by atoms with E-state index in [2.05, 4.69) is 27.1 Å². The lowest BCUT2D eigenvalue weighted by molar-refractivity contribution is -0.123. The van der Waals surface area contributed by atoms with E-state index in [4.69, 9.17) is 9.47 Å². The molecule has 0 saturated heterocycles. The van der Waals surface area contributed by atoms with E-state index in [1.165, 1.54) is 0 Å². The number of aliphatic imine (C=N–C) groups is 1. The molecule has 8 heteroatoms. The third-order valence-electron chi connectivity index (χ3n) is 3.89. The number of carbonyl (C=O) groups excluding carboxylic acids is 1. The van der Waals surface area contributed by atoms with Crippen LogP contribution in [0.5, 0.6) is 11.5 Å². The summed E-state index contributed by atoms with van der Waals surface area (Å²) in [6, 6.07) is 5.64. The van der Waals surface area contributed by atoms with Gasteiger partial charge in [0.2, 0.25) is 0 Å². The van der Waals surface area contributed by atoms with Crippen molar-refractivity contribution in [1.29, 1.82) is 0 Å². The number of carbonyl (C=O) groups is 1. The molecule has 0 bridgehead atoms. The number of nitrogens with one attached hydrogen (secondary N) is 2. The molecule has 1 rings (SSSR count). The molecule has 0 atom stereocenters. The van der Waals surface area contributed by atoms with Gasteiger partial charge in [0, 0.05) is 33.7 Å². The summed E-state index contributed by atoms with van der Waals surface area (Å²) in [5.74, 6) is 1.80. The Morgan fingerprint density at radius 3 is 2.68 bits per heavy atom. The third-order valence-corrected chi connectivity index (χ3v) is 3.89. The Morgan fingerprint density at radius 2 is 2.07 bits per heavy atom. The number of hydrogen-bond acceptors (Lipinski definition) is 4. The summed E-state index contributed by atoms with van der Waals surface area (Å²) in [4.78, 5) is 17.9. The van der Waals surface area contributed by atoms with Crippen LogP contribution in [-0.4, -0.2) is 57.7 Å². The summed E-state index contributed by atoms with van der Waals surface area (Å²) < 4.78 is 10.9. The van der Waals surface area contributed by atoms with E-state index in [0.29, 0.717) is 24.6 Å². The van der Waals surface area contributed by atoms with Crippen molar-refractivity contribution in [3.63, 3.8) is 0 Å². The number of likely N-dealkylation sites (N-methyl/N-ethyl adjacent to an activating group) is 1. The second-order valence-corrected chi connectivity index (χ2v) is 5.98. The predicted octanol–water partition coefficient (Wildman–Crippen LogP) is 2.80. The van der Waals surface area contributed by atoms with Gasteiger partial charge in [0.15, 0.2) is 24.1 Å². The molecule has 0 radical (unpaired) electrons. The number of methoxy groups -OCH3 is 1. The van der Waals surface area contributed by atoms with Crippen molar-refractivity contribution in [2.45, 2.75) is 26.3 Å². The van der Waals surface area contributed by atoms with Gasteiger partial charge in [-0.25, -0.2) is 0 Å². The van der Waals surface area contributed by atoms with Crippen LogP contribution in [0.25, 0.3) is 0 Å². The Bertz CT molecular complexity index is 638. The minimum absolute atomic E-state index is 0. The van der Waals surface area contributed by atoms with Gasteiger partial charge in [-0.05, 0) is 37.5 Å². The number of unbranched alkanes of at least 4 members (excludes halogenated alkanes) is 1. The molecule has 0 heterocycles. The summed E-state index contributed by atoms with van der Waals surface area (Å²) in [6.07, 6.45) is 3.94. The zero-order valence-electron chi connectivity index (χ0n) is 17.3. The minimum atomic E-state index is -0.159. The second kappa shape index (κ2) is 15.0. The van der Waals surface area contributed by atoms with Crippen molar-refractivity contribution in [3.05, 3.63) is 36.4 Å². The van der Waals surface area contributed by atoms with Crippen molar-refractivity contribution in [1.82, 2.24) is 15.5 Å². The fraction of sp³-hybridized carbons (Fsp3) is 0.500. The summed E-state index contributed by atoms with van der Waals surface area (Å²) in [5.41, 5.74) is 1.03. The Kier molecular flexibility index (Phi) is 14.0. The SMILES string of the molecule is C=CCCCN(C)C(=NC)NCc1ccc(OCC(=O)NCC)c(OC)c1.I. The lowest BCUT2D eigenvalue weighted by atomic mass is 10.2. The lowest BCUT2D eigenvalue weighted by Crippen LogP contribution is -2.38. The molecule has 1 aromatic carbocycles. The van der Waals surface area contributed by atoms with Crippen LogP contribution in [0.1, 0.15) is 25.3 Å². The highest BCUT2D eigenvalue weighted by Crippen LogP contribution is 2.28. The lowest BCUT2D eigenvalue weighted by Gasteiger charge is -2.22. The molecule has 2 N–H and O–H groups in total. The molecule has 0 aliphatic carbocycles. The first kappa shape index (κ1) is 26.0. The highest BCUT2D eigenvalue weighted by molar-refractivity contribution is 14.0. The van der Waals surface area contributed by atoms with Crippen LogP contribution in [0.2, 0.25) is 0 Å². The standard InChI is InChI=1S/C20H32N4O3.HI/c1-6-8-9-12-24(4)20(21-3)23-14-16-10-11-17(18(13-16)26-5)27-15-19(25)22-7-2;/h6,10-11,13H,1,7-9,12,14-15H2,2-5H3,(H,21,23)(H,22,25);1H. The molecule has 0 saturated carbocycles. The van der Waals surface area contributed by atoms with E-state index in [1.54, 1.807) is 14.2 Å². The van der Waals surface area contributed by atoms with Crippen LogP contribution in [0.15, 0.2) is 35.8 Å². The van der Waals surface area contributed by atoms with Gasteiger partial charge in [-0.15, -0.1) is 30.6 Å². The van der Waals surface area contributed by atoms with Gasteiger partial charge < -0.3 is 25.0 Å². The van der Waals surface area contributed by atoms with Crippen molar-refractivity contribution in [2.24, 2.45) is 4.99 Å². The largest absolute Gasteiger partial charge is 0.493 e. The first-order valence-corrected chi connectivity index (χ1v) is 9.14. The molecule has 0 fully saturated rings. The van der Waals surface area contributed by atoms with Crippen molar-refractivity contribution in [3.8, 4) is 11.5 Å². The van der Waals surface area contributed by atoms with Crippen molar-refractivity contribution < 1.29 is 14.3 Å². The maximum atomic E-state index is 11.5. The van der Waals surface area contributed by atoms with Crippen LogP contribution in [0.3, 0.4) is 0 Å². The van der Waals surface area contributed by atoms with Crippen molar-refractivity contribution in [2.75, 3.05) is 40.9 Å². The van der Waals surface area contributed by atoms with E-state index in [9.17, 15) is 4.79 Å². The molecule has 7 nitrogen and oxygen atoms in total. The van der Waals surface area contributed by atoms with E-state index < -0.39 is 0 Å². The van der Waals surface area contributed by atoms with Gasteiger partial charge >= 0.3 is 0 Å². The third kappa shape index (κ3) is 9.29. The number of amides is 1. The minimum Gasteiger partial charge on any atom is -0.493 e. The molecular formula is C20H33IN4O3. The molecule has 0 aliphatic heterocycles. The summed E-state index contributed by atoms with van der Waals surface area (Å²) in [7, 11) is 5.36. The average Bonchev–Trinajstić information content (AvgIpc) is 2.67. The number of halogens is 1. The Hall–Kier alpha value is -1.97. The second-order valence-electron chi connectivity index (χ2n) is 5.98. The highest BCUT2D eigenvalue weighted by atomic mass is 127. The molecule has 0 aromatic heterocycles. The van der Waals surface area contributed by atoms with Crippen LogP contribution >= 0.6 is 24.0 Å². The number of guanidine groups is 1. The molecule has 1 amide bonds.